The smallest absolute Gasteiger partial charge is 0.254 e. The number of nitrogens with one attached hydrogen (secondary N) is 4. The highest BCUT2D eigenvalue weighted by Crippen LogP contribution is 2.30. The van der Waals surface area contributed by atoms with Crippen LogP contribution in [0, 0.1) is 5.82 Å². The summed E-state index contributed by atoms with van der Waals surface area (Å²) >= 11 is 0. The number of amides is 1. The summed E-state index contributed by atoms with van der Waals surface area (Å²) in [4.78, 5) is 21.5. The largest absolute Gasteiger partial charge is 0.349 e. The van der Waals surface area contributed by atoms with E-state index >= 15 is 0 Å². The number of nitrogens with zero attached hydrogens (tertiary/aromatic N) is 3. The van der Waals surface area contributed by atoms with Crippen LogP contribution in [-0.2, 0) is 10.0 Å². The van der Waals surface area contributed by atoms with Gasteiger partial charge in [-0.1, -0.05) is 6.07 Å². The van der Waals surface area contributed by atoms with Crippen molar-refractivity contribution < 1.29 is 17.6 Å². The lowest BCUT2D eigenvalue weighted by molar-refractivity contribution is 0.0925. The van der Waals surface area contributed by atoms with Crippen LogP contribution in [-0.4, -0.2) is 53.2 Å². The highest BCUT2D eigenvalue weighted by atomic mass is 32.2. The van der Waals surface area contributed by atoms with Crippen molar-refractivity contribution in [3.63, 3.8) is 0 Å². The Labute approximate surface area is 225 Å². The van der Waals surface area contributed by atoms with Crippen LogP contribution in [0.1, 0.15) is 36.0 Å². The van der Waals surface area contributed by atoms with Crippen molar-refractivity contribution in [3.8, 4) is 5.69 Å². The summed E-state index contributed by atoms with van der Waals surface area (Å²) in [5.41, 5.74) is 2.18. The maximum atomic E-state index is 14.8. The van der Waals surface area contributed by atoms with Gasteiger partial charge in [0.1, 0.15) is 11.5 Å². The van der Waals surface area contributed by atoms with Gasteiger partial charge in [0.05, 0.1) is 16.5 Å². The summed E-state index contributed by atoms with van der Waals surface area (Å²) < 4.78 is 44.1. The molecule has 1 saturated carbocycles. The first-order chi connectivity index (χ1) is 18.9. The molecule has 1 amide bonds. The van der Waals surface area contributed by atoms with Gasteiger partial charge in [0.25, 0.3) is 5.91 Å². The van der Waals surface area contributed by atoms with Gasteiger partial charge in [0, 0.05) is 35.2 Å². The Kier molecular flexibility index (Phi) is 6.65. The third-order valence-corrected chi connectivity index (χ3v) is 8.79. The van der Waals surface area contributed by atoms with Gasteiger partial charge >= 0.3 is 0 Å². The lowest BCUT2D eigenvalue weighted by Gasteiger charge is -2.23. The molecule has 6 rings (SSSR count). The number of hydrogen-bond donors (Lipinski definition) is 4. The zero-order chi connectivity index (χ0) is 27.0. The normalized spacial score (nSPS) is 16.2. The number of fused-ring (bicyclic) bond motifs is 1. The molecule has 0 radical (unpaired) electrons. The van der Waals surface area contributed by atoms with Crippen LogP contribution in [0.3, 0.4) is 0 Å². The number of rotatable bonds is 8. The summed E-state index contributed by atoms with van der Waals surface area (Å²) in [5.74, 6) is -0.816. The molecule has 2 aliphatic rings. The molecular weight excluding hydrogens is 521 g/mol. The van der Waals surface area contributed by atoms with Gasteiger partial charge in [-0.2, -0.15) is 4.98 Å². The van der Waals surface area contributed by atoms with Crippen molar-refractivity contribution in [2.45, 2.75) is 37.0 Å². The van der Waals surface area contributed by atoms with Crippen molar-refractivity contribution in [2.75, 3.05) is 23.1 Å². The number of halogens is 1. The third-order valence-electron chi connectivity index (χ3n) is 6.92. The van der Waals surface area contributed by atoms with Gasteiger partial charge in [0.15, 0.2) is 0 Å². The lowest BCUT2D eigenvalue weighted by Crippen LogP contribution is -2.42. The number of anilines is 3. The number of sulfonamides is 1. The fraction of sp³-hybridized carbons (Fsp3) is 0.296. The molecule has 1 saturated heterocycles. The monoisotopic (exact) mass is 549 g/mol. The van der Waals surface area contributed by atoms with Gasteiger partial charge in [0.2, 0.25) is 16.0 Å². The minimum absolute atomic E-state index is 0.0125. The molecule has 0 unspecified atom stereocenters. The van der Waals surface area contributed by atoms with Crippen molar-refractivity contribution in [3.05, 3.63) is 72.3 Å². The molecular formula is C27H28FN7O3S. The highest BCUT2D eigenvalue weighted by molar-refractivity contribution is 7.93. The molecule has 12 heteroatoms. The predicted molar refractivity (Wildman–Crippen MR) is 147 cm³/mol. The van der Waals surface area contributed by atoms with Gasteiger partial charge in [-0.15, -0.1) is 0 Å². The molecule has 2 aromatic carbocycles. The minimum Gasteiger partial charge on any atom is -0.349 e. The number of piperidine rings is 1. The quantitative estimate of drug-likeness (QED) is 0.264. The molecule has 1 aliphatic heterocycles. The van der Waals surface area contributed by atoms with Crippen LogP contribution in [0.15, 0.2) is 60.9 Å². The van der Waals surface area contributed by atoms with Crippen LogP contribution in [0.5, 0.6) is 0 Å². The molecule has 0 atom stereocenters. The number of carbonyl (C=O) groups excluding carboxylic acids is 1. The maximum absolute atomic E-state index is 14.8. The molecule has 0 spiro atoms. The fourth-order valence-electron chi connectivity index (χ4n) is 4.67. The zero-order valence-corrected chi connectivity index (χ0v) is 21.8. The molecule has 0 bridgehead atoms. The summed E-state index contributed by atoms with van der Waals surface area (Å²) in [6, 6.07) is 13.3. The first kappa shape index (κ1) is 25.3. The van der Waals surface area contributed by atoms with Gasteiger partial charge in [-0.3, -0.25) is 9.52 Å². The molecule has 4 N–H and O–H groups in total. The summed E-state index contributed by atoms with van der Waals surface area (Å²) in [6.07, 6.45) is 6.47. The number of carbonyl (C=O) groups is 1. The molecule has 202 valence electrons. The first-order valence-electron chi connectivity index (χ1n) is 12.9. The standard InChI is InChI=1S/C27H28FN7O3S/c28-24-15-19(4-7-23(24)26(36)31-18-8-11-29-12-9-18)32-27-30-16-17-10-13-35(25(17)33-27)21-3-1-2-20(14-21)34-39(37,38)22-5-6-22/h1-4,7,10,13-16,18,22,29,34H,5-6,8-9,11-12H2,(H,31,36)(H,30,32,33). The van der Waals surface area contributed by atoms with Gasteiger partial charge in [-0.25, -0.2) is 17.8 Å². The fourth-order valence-corrected chi connectivity index (χ4v) is 6.05. The van der Waals surface area contributed by atoms with Crippen molar-refractivity contribution >= 4 is 44.3 Å². The second kappa shape index (κ2) is 10.3. The van der Waals surface area contributed by atoms with Crippen LogP contribution in [0.2, 0.25) is 0 Å². The maximum Gasteiger partial charge on any atom is 0.254 e. The zero-order valence-electron chi connectivity index (χ0n) is 21.0. The van der Waals surface area contributed by atoms with Crippen molar-refractivity contribution in [1.82, 2.24) is 25.2 Å². The molecule has 1 aliphatic carbocycles. The molecule has 4 aromatic rings. The van der Waals surface area contributed by atoms with Crippen LogP contribution < -0.4 is 20.7 Å². The van der Waals surface area contributed by atoms with Gasteiger partial charge in [-0.05, 0) is 81.2 Å². The van der Waals surface area contributed by atoms with E-state index < -0.39 is 21.7 Å². The van der Waals surface area contributed by atoms with E-state index in [9.17, 15) is 17.6 Å². The Bertz CT molecular complexity index is 1650. The van der Waals surface area contributed by atoms with E-state index in [1.54, 1.807) is 30.5 Å². The Morgan fingerprint density at radius 1 is 1.03 bits per heavy atom. The van der Waals surface area contributed by atoms with E-state index in [2.05, 4.69) is 30.6 Å². The third kappa shape index (κ3) is 5.57. The molecule has 2 aromatic heterocycles. The van der Waals surface area contributed by atoms with Crippen molar-refractivity contribution in [1.29, 1.82) is 0 Å². The second-order valence-electron chi connectivity index (χ2n) is 9.87. The SMILES string of the molecule is O=C(NC1CCNCC1)c1ccc(Nc2ncc3ccn(-c4cccc(NS(=O)(=O)C5CC5)c4)c3n2)cc1F. The summed E-state index contributed by atoms with van der Waals surface area (Å²) in [6.45, 7) is 1.66. The molecule has 2 fully saturated rings. The number of benzene rings is 2. The molecule has 39 heavy (non-hydrogen) atoms. The topological polar surface area (TPSA) is 130 Å². The predicted octanol–water partition coefficient (Wildman–Crippen LogP) is 3.69. The van der Waals surface area contributed by atoms with E-state index in [1.807, 2.05) is 22.9 Å². The lowest BCUT2D eigenvalue weighted by atomic mass is 10.1. The van der Waals surface area contributed by atoms with Crippen LogP contribution in [0.25, 0.3) is 16.7 Å². The Hall–Kier alpha value is -4.03. The van der Waals surface area contributed by atoms with E-state index in [4.69, 9.17) is 0 Å². The van der Waals surface area contributed by atoms with Crippen LogP contribution in [0.4, 0.5) is 21.7 Å². The van der Waals surface area contributed by atoms with E-state index in [0.717, 1.165) is 37.0 Å². The summed E-state index contributed by atoms with van der Waals surface area (Å²) in [7, 11) is -3.38. The number of aromatic nitrogens is 3. The Morgan fingerprint density at radius 2 is 1.85 bits per heavy atom. The Balaban J connectivity index is 1.20. The Morgan fingerprint density at radius 3 is 2.62 bits per heavy atom. The highest BCUT2D eigenvalue weighted by Gasteiger charge is 2.35. The van der Waals surface area contributed by atoms with E-state index in [-0.39, 0.29) is 22.8 Å². The van der Waals surface area contributed by atoms with E-state index in [1.165, 1.54) is 12.1 Å². The summed E-state index contributed by atoms with van der Waals surface area (Å²) in [5, 5.41) is 9.60. The average Bonchev–Trinajstić information content (AvgIpc) is 3.70. The van der Waals surface area contributed by atoms with E-state index in [0.29, 0.717) is 29.9 Å². The first-order valence-corrected chi connectivity index (χ1v) is 14.4. The van der Waals surface area contributed by atoms with Crippen molar-refractivity contribution in [2.24, 2.45) is 0 Å². The minimum atomic E-state index is -3.38. The van der Waals surface area contributed by atoms with Gasteiger partial charge < -0.3 is 20.5 Å². The molecule has 10 nitrogen and oxygen atoms in total. The van der Waals surface area contributed by atoms with Crippen LogP contribution >= 0.6 is 0 Å². The average molecular weight is 550 g/mol. The number of hydrogen-bond acceptors (Lipinski definition) is 7. The molecule has 3 heterocycles. The second-order valence-corrected chi connectivity index (χ2v) is 11.8.